The van der Waals surface area contributed by atoms with Crippen LogP contribution in [0.2, 0.25) is 0 Å². The number of rotatable bonds is 1. The molecule has 0 aliphatic heterocycles. The van der Waals surface area contributed by atoms with E-state index in [1.165, 1.54) is 4.68 Å². The summed E-state index contributed by atoms with van der Waals surface area (Å²) in [5, 5.41) is 3.99. The molecule has 0 N–H and O–H groups in total. The molecule has 0 unspecified atom stereocenters. The highest BCUT2D eigenvalue weighted by Crippen LogP contribution is 2.14. The Kier molecular flexibility index (Phi) is 2.99. The van der Waals surface area contributed by atoms with Gasteiger partial charge in [0.1, 0.15) is 15.9 Å². The van der Waals surface area contributed by atoms with Crippen molar-refractivity contribution in [2.24, 2.45) is 7.05 Å². The fourth-order valence-electron chi connectivity index (χ4n) is 0.954. The predicted octanol–water partition coefficient (Wildman–Crippen LogP) is 2.14. The number of aromatic nitrogens is 2. The minimum absolute atomic E-state index is 0.363. The smallest absolute Gasteiger partial charge is 0.357 e. The monoisotopic (exact) mass is 260 g/mol. The molecule has 0 amide bonds. The second-order valence-corrected chi connectivity index (χ2v) is 4.79. The summed E-state index contributed by atoms with van der Waals surface area (Å²) in [4.78, 5) is 11.6. The average molecular weight is 261 g/mol. The highest BCUT2D eigenvalue weighted by Gasteiger charge is 2.20. The Balaban J connectivity index is 2.85. The van der Waals surface area contributed by atoms with Crippen LogP contribution in [0, 0.1) is 0 Å². The van der Waals surface area contributed by atoms with Gasteiger partial charge in [0.25, 0.3) is 0 Å². The second-order valence-electron chi connectivity index (χ2n) is 3.98. The first-order valence-electron chi connectivity index (χ1n) is 4.22. The predicted molar refractivity (Wildman–Crippen MR) is 56.1 cm³/mol. The Morgan fingerprint density at radius 3 is 2.50 bits per heavy atom. The molecule has 78 valence electrons. The second kappa shape index (κ2) is 3.73. The number of nitrogens with zero attached hydrogens (tertiary/aromatic N) is 2. The number of esters is 1. The quantitative estimate of drug-likeness (QED) is 0.727. The summed E-state index contributed by atoms with van der Waals surface area (Å²) >= 11 is 3.19. The van der Waals surface area contributed by atoms with E-state index in [0.717, 1.165) is 0 Å². The van der Waals surface area contributed by atoms with Crippen molar-refractivity contribution in [3.05, 3.63) is 16.4 Å². The van der Waals surface area contributed by atoms with Crippen molar-refractivity contribution in [3.63, 3.8) is 0 Å². The molecule has 4 nitrogen and oxygen atoms in total. The highest BCUT2D eigenvalue weighted by atomic mass is 79.9. The van der Waals surface area contributed by atoms with Crippen LogP contribution in [0.4, 0.5) is 0 Å². The van der Waals surface area contributed by atoms with Gasteiger partial charge in [-0.25, -0.2) is 4.79 Å². The Hall–Kier alpha value is -0.840. The fraction of sp³-hybridized carbons (Fsp3) is 0.556. The van der Waals surface area contributed by atoms with Crippen LogP contribution in [-0.2, 0) is 11.8 Å². The molecule has 5 heteroatoms. The van der Waals surface area contributed by atoms with E-state index in [1.807, 2.05) is 20.8 Å². The Morgan fingerprint density at radius 1 is 1.57 bits per heavy atom. The third-order valence-corrected chi connectivity index (χ3v) is 1.85. The van der Waals surface area contributed by atoms with Gasteiger partial charge >= 0.3 is 5.97 Å². The van der Waals surface area contributed by atoms with Crippen molar-refractivity contribution in [2.45, 2.75) is 26.4 Å². The number of ether oxygens (including phenoxy) is 1. The minimum Gasteiger partial charge on any atom is -0.455 e. The van der Waals surface area contributed by atoms with E-state index in [-0.39, 0.29) is 5.97 Å². The largest absolute Gasteiger partial charge is 0.455 e. The fourth-order valence-corrected chi connectivity index (χ4v) is 1.41. The highest BCUT2D eigenvalue weighted by molar-refractivity contribution is 9.10. The summed E-state index contributed by atoms with van der Waals surface area (Å²) in [7, 11) is 1.70. The van der Waals surface area contributed by atoms with Crippen molar-refractivity contribution in [2.75, 3.05) is 0 Å². The molecule has 0 spiro atoms. The third kappa shape index (κ3) is 2.83. The van der Waals surface area contributed by atoms with E-state index in [1.54, 1.807) is 13.1 Å². The van der Waals surface area contributed by atoms with E-state index >= 15 is 0 Å². The van der Waals surface area contributed by atoms with Gasteiger partial charge < -0.3 is 4.74 Å². The van der Waals surface area contributed by atoms with Crippen LogP contribution in [0.5, 0.6) is 0 Å². The molecular formula is C9H13BrN2O2. The molecule has 0 aliphatic carbocycles. The third-order valence-electron chi connectivity index (χ3n) is 1.46. The minimum atomic E-state index is -0.478. The summed E-state index contributed by atoms with van der Waals surface area (Å²) in [5.74, 6) is -0.363. The van der Waals surface area contributed by atoms with Crippen LogP contribution in [0.1, 0.15) is 31.3 Å². The zero-order chi connectivity index (χ0) is 10.9. The Bertz CT molecular complexity index is 352. The number of carbonyl (C=O) groups is 1. The molecule has 0 aromatic carbocycles. The average Bonchev–Trinajstić information content (AvgIpc) is 2.26. The number of carbonyl (C=O) groups excluding carboxylic acids is 1. The van der Waals surface area contributed by atoms with Crippen molar-refractivity contribution in [1.29, 1.82) is 0 Å². The molecule has 14 heavy (non-hydrogen) atoms. The summed E-state index contributed by atoms with van der Waals surface area (Å²) < 4.78 is 7.31. The first kappa shape index (κ1) is 11.2. The number of hydrogen-bond acceptors (Lipinski definition) is 3. The number of hydrogen-bond donors (Lipinski definition) is 0. The van der Waals surface area contributed by atoms with Crippen molar-refractivity contribution < 1.29 is 9.53 Å². The van der Waals surface area contributed by atoms with Crippen LogP contribution in [0.25, 0.3) is 0 Å². The molecule has 1 rings (SSSR count). The lowest BCUT2D eigenvalue weighted by Crippen LogP contribution is -2.25. The van der Waals surface area contributed by atoms with Crippen molar-refractivity contribution in [3.8, 4) is 0 Å². The van der Waals surface area contributed by atoms with Gasteiger partial charge in [0, 0.05) is 13.1 Å². The maximum Gasteiger partial charge on any atom is 0.357 e. The number of aryl methyl sites for hydroxylation is 1. The first-order valence-corrected chi connectivity index (χ1v) is 5.02. The Labute approximate surface area is 91.4 Å². The van der Waals surface area contributed by atoms with Crippen LogP contribution >= 0.6 is 15.9 Å². The standard InChI is InChI=1S/C9H13BrN2O2/c1-9(2,3)14-8(13)6-5-7(10)11-12(6)4/h5H,1-4H3. The van der Waals surface area contributed by atoms with E-state index in [0.29, 0.717) is 10.3 Å². The van der Waals surface area contributed by atoms with Gasteiger partial charge in [-0.1, -0.05) is 0 Å². The van der Waals surface area contributed by atoms with Crippen LogP contribution in [0.15, 0.2) is 10.7 Å². The first-order chi connectivity index (χ1) is 6.29. The van der Waals surface area contributed by atoms with E-state index in [4.69, 9.17) is 4.74 Å². The summed E-state index contributed by atoms with van der Waals surface area (Å²) in [5.41, 5.74) is -0.0415. The molecule has 0 saturated carbocycles. The van der Waals surface area contributed by atoms with Gasteiger partial charge in [-0.15, -0.1) is 0 Å². The lowest BCUT2D eigenvalue weighted by atomic mass is 10.2. The molecule has 0 fully saturated rings. The van der Waals surface area contributed by atoms with E-state index < -0.39 is 5.60 Å². The van der Waals surface area contributed by atoms with Crippen LogP contribution in [-0.4, -0.2) is 21.4 Å². The van der Waals surface area contributed by atoms with Gasteiger partial charge in [0.2, 0.25) is 0 Å². The molecule has 1 aromatic rings. The molecule has 0 saturated heterocycles. The molecule has 1 heterocycles. The molecule has 0 radical (unpaired) electrons. The topological polar surface area (TPSA) is 44.1 Å². The normalized spacial score (nSPS) is 11.5. The zero-order valence-corrected chi connectivity index (χ0v) is 10.3. The van der Waals surface area contributed by atoms with Crippen molar-refractivity contribution in [1.82, 2.24) is 9.78 Å². The van der Waals surface area contributed by atoms with Gasteiger partial charge in [-0.05, 0) is 36.7 Å². The SMILES string of the molecule is Cn1nc(Br)cc1C(=O)OC(C)(C)C. The summed E-state index contributed by atoms with van der Waals surface area (Å²) in [6, 6.07) is 1.63. The summed E-state index contributed by atoms with van der Waals surface area (Å²) in [6.07, 6.45) is 0. The number of halogens is 1. The van der Waals surface area contributed by atoms with Gasteiger partial charge in [0.15, 0.2) is 0 Å². The van der Waals surface area contributed by atoms with E-state index in [2.05, 4.69) is 21.0 Å². The molecule has 0 bridgehead atoms. The maximum absolute atomic E-state index is 11.6. The molecule has 0 aliphatic rings. The Morgan fingerprint density at radius 2 is 2.14 bits per heavy atom. The van der Waals surface area contributed by atoms with Crippen LogP contribution < -0.4 is 0 Å². The van der Waals surface area contributed by atoms with Gasteiger partial charge in [-0.2, -0.15) is 5.10 Å². The zero-order valence-electron chi connectivity index (χ0n) is 8.67. The lowest BCUT2D eigenvalue weighted by molar-refractivity contribution is 0.00576. The van der Waals surface area contributed by atoms with Gasteiger partial charge in [-0.3, -0.25) is 4.68 Å². The summed E-state index contributed by atoms with van der Waals surface area (Å²) in [6.45, 7) is 5.49. The molecule has 0 atom stereocenters. The van der Waals surface area contributed by atoms with Crippen LogP contribution in [0.3, 0.4) is 0 Å². The van der Waals surface area contributed by atoms with E-state index in [9.17, 15) is 4.79 Å². The van der Waals surface area contributed by atoms with Crippen molar-refractivity contribution >= 4 is 21.9 Å². The molecule has 1 aromatic heterocycles. The van der Waals surface area contributed by atoms with Gasteiger partial charge in [0.05, 0.1) is 0 Å². The maximum atomic E-state index is 11.6. The lowest BCUT2D eigenvalue weighted by Gasteiger charge is -2.19. The molecular weight excluding hydrogens is 248 g/mol.